The number of hydrogen-bond donors (Lipinski definition) is 1. The standard InChI is InChI=1S/C20H36O6/c1-16(20(2,3)4)19(24)26-15-10-6-5-9-13-18(23)25-14-11-7-8-12-17(21)22/h16H,5-15H2,1-4H3,(H,21,22). The monoisotopic (exact) mass is 372 g/mol. The average molecular weight is 373 g/mol. The molecule has 152 valence electrons. The van der Waals surface area contributed by atoms with Crippen LogP contribution in [-0.4, -0.2) is 36.2 Å². The third kappa shape index (κ3) is 13.7. The zero-order chi connectivity index (χ0) is 20.0. The Hall–Kier alpha value is -1.59. The number of carbonyl (C=O) groups excluding carboxylic acids is 2. The largest absolute Gasteiger partial charge is 0.481 e. The number of carboxylic acids is 1. The molecule has 0 aromatic rings. The zero-order valence-electron chi connectivity index (χ0n) is 16.8. The molecule has 0 rings (SSSR count). The van der Waals surface area contributed by atoms with Gasteiger partial charge in [-0.1, -0.05) is 40.5 Å². The predicted octanol–water partition coefficient (Wildman–Crippen LogP) is 4.35. The van der Waals surface area contributed by atoms with Crippen LogP contribution in [-0.2, 0) is 23.9 Å². The second kappa shape index (κ2) is 13.6. The summed E-state index contributed by atoms with van der Waals surface area (Å²) in [6, 6.07) is 0. The van der Waals surface area contributed by atoms with Gasteiger partial charge in [0.25, 0.3) is 0 Å². The highest BCUT2D eigenvalue weighted by molar-refractivity contribution is 5.72. The third-order valence-electron chi connectivity index (χ3n) is 4.47. The van der Waals surface area contributed by atoms with Crippen molar-refractivity contribution in [2.75, 3.05) is 13.2 Å². The van der Waals surface area contributed by atoms with Gasteiger partial charge in [-0.2, -0.15) is 0 Å². The lowest BCUT2D eigenvalue weighted by atomic mass is 9.82. The summed E-state index contributed by atoms with van der Waals surface area (Å²) >= 11 is 0. The van der Waals surface area contributed by atoms with Gasteiger partial charge in [0.2, 0.25) is 0 Å². The Bertz CT molecular complexity index is 425. The highest BCUT2D eigenvalue weighted by atomic mass is 16.5. The molecule has 0 aromatic carbocycles. The lowest BCUT2D eigenvalue weighted by molar-refractivity contribution is -0.151. The summed E-state index contributed by atoms with van der Waals surface area (Å²) < 4.78 is 10.4. The van der Waals surface area contributed by atoms with Gasteiger partial charge in [0.15, 0.2) is 0 Å². The van der Waals surface area contributed by atoms with E-state index in [4.69, 9.17) is 14.6 Å². The van der Waals surface area contributed by atoms with Gasteiger partial charge in [0, 0.05) is 12.8 Å². The summed E-state index contributed by atoms with van der Waals surface area (Å²) in [6.07, 6.45) is 6.04. The minimum Gasteiger partial charge on any atom is -0.481 e. The number of hydrogen-bond acceptors (Lipinski definition) is 5. The fraction of sp³-hybridized carbons (Fsp3) is 0.850. The Balaban J connectivity index is 3.48. The molecule has 0 aromatic heterocycles. The molecule has 6 heteroatoms. The van der Waals surface area contributed by atoms with Crippen molar-refractivity contribution in [3.8, 4) is 0 Å². The Morgan fingerprint density at radius 3 is 1.88 bits per heavy atom. The van der Waals surface area contributed by atoms with Crippen molar-refractivity contribution >= 4 is 17.9 Å². The molecule has 0 amide bonds. The molecule has 0 aliphatic heterocycles. The van der Waals surface area contributed by atoms with E-state index >= 15 is 0 Å². The normalized spacial score (nSPS) is 12.5. The van der Waals surface area contributed by atoms with Crippen LogP contribution in [0.1, 0.15) is 85.5 Å². The van der Waals surface area contributed by atoms with Crippen LogP contribution >= 0.6 is 0 Å². The Morgan fingerprint density at radius 1 is 0.808 bits per heavy atom. The van der Waals surface area contributed by atoms with Crippen LogP contribution in [0.5, 0.6) is 0 Å². The summed E-state index contributed by atoms with van der Waals surface area (Å²) in [7, 11) is 0. The molecule has 0 saturated carbocycles. The minimum atomic E-state index is -0.791. The summed E-state index contributed by atoms with van der Waals surface area (Å²) in [5.41, 5.74) is -0.0896. The highest BCUT2D eigenvalue weighted by Crippen LogP contribution is 2.26. The Labute approximate surface area is 157 Å². The van der Waals surface area contributed by atoms with Gasteiger partial charge in [-0.15, -0.1) is 0 Å². The number of carboxylic acid groups (broad SMARTS) is 1. The molecule has 0 spiro atoms. The van der Waals surface area contributed by atoms with E-state index in [1.807, 2.05) is 27.7 Å². The molecule has 0 radical (unpaired) electrons. The third-order valence-corrected chi connectivity index (χ3v) is 4.47. The molecule has 0 fully saturated rings. The zero-order valence-corrected chi connectivity index (χ0v) is 16.8. The fourth-order valence-electron chi connectivity index (χ4n) is 2.19. The second-order valence-corrected chi connectivity index (χ2v) is 7.84. The van der Waals surface area contributed by atoms with Crippen molar-refractivity contribution in [1.29, 1.82) is 0 Å². The van der Waals surface area contributed by atoms with E-state index in [1.54, 1.807) is 0 Å². The molecule has 0 saturated heterocycles. The molecular weight excluding hydrogens is 336 g/mol. The van der Waals surface area contributed by atoms with Gasteiger partial charge in [-0.3, -0.25) is 14.4 Å². The molecule has 1 N–H and O–H groups in total. The predicted molar refractivity (Wildman–Crippen MR) is 99.7 cm³/mol. The topological polar surface area (TPSA) is 89.9 Å². The van der Waals surface area contributed by atoms with E-state index in [0.717, 1.165) is 32.1 Å². The van der Waals surface area contributed by atoms with E-state index in [2.05, 4.69) is 0 Å². The van der Waals surface area contributed by atoms with Gasteiger partial charge >= 0.3 is 17.9 Å². The first kappa shape index (κ1) is 24.4. The lowest BCUT2D eigenvalue weighted by Crippen LogP contribution is -2.27. The van der Waals surface area contributed by atoms with Crippen LogP contribution in [0, 0.1) is 11.3 Å². The van der Waals surface area contributed by atoms with Crippen LogP contribution in [0.15, 0.2) is 0 Å². The summed E-state index contributed by atoms with van der Waals surface area (Å²) in [6.45, 7) is 8.75. The Morgan fingerprint density at radius 2 is 1.31 bits per heavy atom. The number of ether oxygens (including phenoxy) is 2. The number of unbranched alkanes of at least 4 members (excludes halogenated alkanes) is 5. The minimum absolute atomic E-state index is 0.0896. The molecule has 6 nitrogen and oxygen atoms in total. The SMILES string of the molecule is CC(C(=O)OCCCCCCC(=O)OCCCCCC(=O)O)C(C)(C)C. The molecule has 0 aliphatic carbocycles. The average Bonchev–Trinajstić information content (AvgIpc) is 2.55. The van der Waals surface area contributed by atoms with E-state index in [9.17, 15) is 14.4 Å². The first-order valence-corrected chi connectivity index (χ1v) is 9.68. The quantitative estimate of drug-likeness (QED) is 0.360. The molecule has 1 atom stereocenters. The van der Waals surface area contributed by atoms with E-state index in [-0.39, 0.29) is 29.7 Å². The van der Waals surface area contributed by atoms with Gasteiger partial charge in [0.1, 0.15) is 0 Å². The maximum Gasteiger partial charge on any atom is 0.309 e. The number of aliphatic carboxylic acids is 1. The van der Waals surface area contributed by atoms with Crippen molar-refractivity contribution in [3.05, 3.63) is 0 Å². The molecule has 0 aliphatic rings. The summed E-state index contributed by atoms with van der Waals surface area (Å²) in [4.78, 5) is 33.7. The van der Waals surface area contributed by atoms with E-state index in [0.29, 0.717) is 32.5 Å². The second-order valence-electron chi connectivity index (χ2n) is 7.84. The van der Waals surface area contributed by atoms with Gasteiger partial charge in [0.05, 0.1) is 19.1 Å². The number of carbonyl (C=O) groups is 3. The van der Waals surface area contributed by atoms with Crippen LogP contribution in [0.4, 0.5) is 0 Å². The van der Waals surface area contributed by atoms with Crippen molar-refractivity contribution < 1.29 is 29.0 Å². The maximum absolute atomic E-state index is 11.9. The van der Waals surface area contributed by atoms with Gasteiger partial charge in [-0.25, -0.2) is 0 Å². The van der Waals surface area contributed by atoms with Gasteiger partial charge in [-0.05, 0) is 37.5 Å². The first-order valence-electron chi connectivity index (χ1n) is 9.68. The molecular formula is C20H36O6. The smallest absolute Gasteiger partial charge is 0.309 e. The fourth-order valence-corrected chi connectivity index (χ4v) is 2.19. The Kier molecular flexibility index (Phi) is 12.8. The highest BCUT2D eigenvalue weighted by Gasteiger charge is 2.27. The maximum atomic E-state index is 11.9. The molecule has 26 heavy (non-hydrogen) atoms. The summed E-state index contributed by atoms with van der Waals surface area (Å²) in [5.74, 6) is -1.26. The number of rotatable bonds is 14. The van der Waals surface area contributed by atoms with Crippen molar-refractivity contribution in [1.82, 2.24) is 0 Å². The van der Waals surface area contributed by atoms with Crippen LogP contribution in [0.25, 0.3) is 0 Å². The first-order chi connectivity index (χ1) is 12.1. The van der Waals surface area contributed by atoms with Crippen LogP contribution in [0.3, 0.4) is 0 Å². The van der Waals surface area contributed by atoms with E-state index < -0.39 is 5.97 Å². The lowest BCUT2D eigenvalue weighted by Gasteiger charge is -2.25. The molecule has 0 heterocycles. The summed E-state index contributed by atoms with van der Waals surface area (Å²) in [5, 5.41) is 8.51. The van der Waals surface area contributed by atoms with Crippen LogP contribution < -0.4 is 0 Å². The van der Waals surface area contributed by atoms with Crippen molar-refractivity contribution in [3.63, 3.8) is 0 Å². The molecule has 1 unspecified atom stereocenters. The van der Waals surface area contributed by atoms with E-state index in [1.165, 1.54) is 0 Å². The van der Waals surface area contributed by atoms with Gasteiger partial charge < -0.3 is 14.6 Å². The van der Waals surface area contributed by atoms with Crippen molar-refractivity contribution in [2.24, 2.45) is 11.3 Å². The number of esters is 2. The van der Waals surface area contributed by atoms with Crippen molar-refractivity contribution in [2.45, 2.75) is 85.5 Å². The molecule has 0 bridgehead atoms. The van der Waals surface area contributed by atoms with Crippen LogP contribution in [0.2, 0.25) is 0 Å².